The second-order valence-electron chi connectivity index (χ2n) is 4.66. The van der Waals surface area contributed by atoms with E-state index in [1.807, 2.05) is 20.8 Å². The first-order valence-corrected chi connectivity index (χ1v) is 5.09. The lowest BCUT2D eigenvalue weighted by Crippen LogP contribution is -2.40. The molecule has 0 bridgehead atoms. The number of hydrogen-bond acceptors (Lipinski definition) is 3. The number of aromatic nitrogens is 1. The first-order valence-electron chi connectivity index (χ1n) is 5.09. The average molecular weight is 210 g/mol. The van der Waals surface area contributed by atoms with Gasteiger partial charge in [-0.25, -0.2) is 4.98 Å². The van der Waals surface area contributed by atoms with Crippen LogP contribution in [0.3, 0.4) is 0 Å². The highest BCUT2D eigenvalue weighted by Gasteiger charge is 2.13. The third kappa shape index (κ3) is 4.63. The Bertz CT molecular complexity index is 337. The Balaban J connectivity index is 2.35. The summed E-state index contributed by atoms with van der Waals surface area (Å²) < 4.78 is 5.05. The monoisotopic (exact) mass is 210 g/mol. The summed E-state index contributed by atoms with van der Waals surface area (Å²) in [6.45, 7) is 7.68. The summed E-state index contributed by atoms with van der Waals surface area (Å²) in [4.78, 5) is 15.6. The minimum atomic E-state index is -0.170. The van der Waals surface area contributed by atoms with Gasteiger partial charge in [0.25, 0.3) is 0 Å². The van der Waals surface area contributed by atoms with Crippen molar-refractivity contribution < 1.29 is 9.21 Å². The second kappa shape index (κ2) is 4.47. The zero-order chi connectivity index (χ0) is 11.5. The molecule has 4 heteroatoms. The molecule has 0 radical (unpaired) electrons. The topological polar surface area (TPSA) is 55.1 Å². The fourth-order valence-corrected chi connectivity index (χ4v) is 1.25. The number of carbonyl (C=O) groups is 1. The highest BCUT2D eigenvalue weighted by Crippen LogP contribution is 2.05. The van der Waals surface area contributed by atoms with Crippen LogP contribution in [-0.2, 0) is 11.2 Å². The van der Waals surface area contributed by atoms with Gasteiger partial charge in [0.15, 0.2) is 5.89 Å². The largest absolute Gasteiger partial charge is 0.449 e. The van der Waals surface area contributed by atoms with Crippen LogP contribution in [0, 0.1) is 6.92 Å². The van der Waals surface area contributed by atoms with Gasteiger partial charge in [0.1, 0.15) is 6.26 Å². The lowest BCUT2D eigenvalue weighted by Gasteiger charge is -2.20. The molecule has 1 N–H and O–H groups in total. The maximum absolute atomic E-state index is 11.5. The summed E-state index contributed by atoms with van der Waals surface area (Å²) in [7, 11) is 0. The molecule has 1 rings (SSSR count). The first kappa shape index (κ1) is 11.8. The number of carbonyl (C=O) groups excluding carboxylic acids is 1. The van der Waals surface area contributed by atoms with Gasteiger partial charge < -0.3 is 9.73 Å². The Hall–Kier alpha value is -1.32. The number of amides is 1. The number of hydrogen-bond donors (Lipinski definition) is 1. The fourth-order valence-electron chi connectivity index (χ4n) is 1.25. The van der Waals surface area contributed by atoms with Crippen molar-refractivity contribution >= 4 is 5.91 Å². The first-order chi connectivity index (χ1) is 6.87. The van der Waals surface area contributed by atoms with Gasteiger partial charge in [-0.15, -0.1) is 0 Å². The van der Waals surface area contributed by atoms with Crippen molar-refractivity contribution in [2.45, 2.75) is 46.1 Å². The highest BCUT2D eigenvalue weighted by atomic mass is 16.3. The average Bonchev–Trinajstić information content (AvgIpc) is 2.45. The van der Waals surface area contributed by atoms with Gasteiger partial charge >= 0.3 is 0 Å². The molecular formula is C11H18N2O2. The van der Waals surface area contributed by atoms with E-state index in [-0.39, 0.29) is 11.4 Å². The summed E-state index contributed by atoms with van der Waals surface area (Å²) in [6, 6.07) is 0. The lowest BCUT2D eigenvalue weighted by atomic mass is 10.1. The van der Waals surface area contributed by atoms with Crippen molar-refractivity contribution in [3.63, 3.8) is 0 Å². The van der Waals surface area contributed by atoms with Crippen LogP contribution in [-0.4, -0.2) is 16.4 Å². The molecule has 0 saturated heterocycles. The van der Waals surface area contributed by atoms with Crippen molar-refractivity contribution in [2.75, 3.05) is 0 Å². The third-order valence-electron chi connectivity index (χ3n) is 1.79. The molecule has 4 nitrogen and oxygen atoms in total. The van der Waals surface area contributed by atoms with Crippen molar-refractivity contribution in [3.05, 3.63) is 17.8 Å². The second-order valence-corrected chi connectivity index (χ2v) is 4.66. The minimum Gasteiger partial charge on any atom is -0.449 e. The quantitative estimate of drug-likeness (QED) is 0.828. The molecule has 0 aliphatic heterocycles. The van der Waals surface area contributed by atoms with Gasteiger partial charge in [-0.3, -0.25) is 4.79 Å². The van der Waals surface area contributed by atoms with Crippen molar-refractivity contribution in [2.24, 2.45) is 0 Å². The van der Waals surface area contributed by atoms with Gasteiger partial charge in [-0.2, -0.15) is 0 Å². The molecule has 0 saturated carbocycles. The van der Waals surface area contributed by atoms with Gasteiger partial charge in [-0.1, -0.05) is 0 Å². The van der Waals surface area contributed by atoms with E-state index in [4.69, 9.17) is 4.42 Å². The van der Waals surface area contributed by atoms with E-state index in [9.17, 15) is 4.79 Å². The molecule has 0 atom stereocenters. The highest BCUT2D eigenvalue weighted by molar-refractivity contribution is 5.76. The van der Waals surface area contributed by atoms with E-state index in [0.717, 1.165) is 5.69 Å². The smallest absolute Gasteiger partial charge is 0.220 e. The van der Waals surface area contributed by atoms with Crippen molar-refractivity contribution in [3.8, 4) is 0 Å². The maximum Gasteiger partial charge on any atom is 0.220 e. The molecule has 0 spiro atoms. The van der Waals surface area contributed by atoms with E-state index < -0.39 is 0 Å². The summed E-state index contributed by atoms with van der Waals surface area (Å²) in [5.74, 6) is 0.685. The van der Waals surface area contributed by atoms with Crippen LogP contribution in [0.2, 0.25) is 0 Å². The molecule has 1 aromatic heterocycles. The summed E-state index contributed by atoms with van der Waals surface area (Å²) in [6.07, 6.45) is 2.67. The maximum atomic E-state index is 11.5. The van der Waals surface area contributed by atoms with Crippen LogP contribution in [0.1, 0.15) is 38.8 Å². The Kier molecular flexibility index (Phi) is 3.50. The van der Waals surface area contributed by atoms with Gasteiger partial charge in [-0.05, 0) is 20.8 Å². The Morgan fingerprint density at radius 1 is 1.53 bits per heavy atom. The molecule has 0 unspecified atom stereocenters. The fraction of sp³-hybridized carbons (Fsp3) is 0.636. The van der Waals surface area contributed by atoms with E-state index in [2.05, 4.69) is 10.3 Å². The lowest BCUT2D eigenvalue weighted by molar-refractivity contribution is -0.122. The Morgan fingerprint density at radius 3 is 2.67 bits per heavy atom. The Morgan fingerprint density at radius 2 is 2.20 bits per heavy atom. The number of oxazole rings is 1. The van der Waals surface area contributed by atoms with E-state index in [1.54, 1.807) is 13.2 Å². The summed E-state index contributed by atoms with van der Waals surface area (Å²) in [5, 5.41) is 2.90. The molecule has 15 heavy (non-hydrogen) atoms. The van der Waals surface area contributed by atoms with E-state index >= 15 is 0 Å². The van der Waals surface area contributed by atoms with Gasteiger partial charge in [0, 0.05) is 25.3 Å². The molecule has 1 aromatic rings. The molecule has 84 valence electrons. The van der Waals surface area contributed by atoms with E-state index in [1.165, 1.54) is 0 Å². The number of nitrogens with one attached hydrogen (secondary N) is 1. The van der Waals surface area contributed by atoms with Crippen LogP contribution in [0.15, 0.2) is 10.7 Å². The van der Waals surface area contributed by atoms with Crippen molar-refractivity contribution in [1.82, 2.24) is 10.3 Å². The molecule has 1 heterocycles. The van der Waals surface area contributed by atoms with Crippen LogP contribution in [0.5, 0.6) is 0 Å². The predicted molar refractivity (Wildman–Crippen MR) is 57.5 cm³/mol. The number of nitrogens with zero attached hydrogens (tertiary/aromatic N) is 1. The van der Waals surface area contributed by atoms with E-state index in [0.29, 0.717) is 18.7 Å². The molecule has 1 amide bonds. The van der Waals surface area contributed by atoms with Crippen LogP contribution >= 0.6 is 0 Å². The number of aryl methyl sites for hydroxylation is 2. The molecule has 0 fully saturated rings. The van der Waals surface area contributed by atoms with Crippen molar-refractivity contribution in [1.29, 1.82) is 0 Å². The van der Waals surface area contributed by atoms with Gasteiger partial charge in [0.2, 0.25) is 5.91 Å². The number of rotatable bonds is 3. The summed E-state index contributed by atoms with van der Waals surface area (Å²) in [5.41, 5.74) is 0.660. The van der Waals surface area contributed by atoms with Crippen LogP contribution in [0.25, 0.3) is 0 Å². The zero-order valence-corrected chi connectivity index (χ0v) is 9.76. The van der Waals surface area contributed by atoms with Crippen LogP contribution < -0.4 is 5.32 Å². The Labute approximate surface area is 90.1 Å². The van der Waals surface area contributed by atoms with Gasteiger partial charge in [0.05, 0.1) is 5.69 Å². The third-order valence-corrected chi connectivity index (χ3v) is 1.79. The summed E-state index contributed by atoms with van der Waals surface area (Å²) >= 11 is 0. The molecular weight excluding hydrogens is 192 g/mol. The molecule has 0 aliphatic rings. The molecule has 0 aliphatic carbocycles. The minimum absolute atomic E-state index is 0.0446. The normalized spacial score (nSPS) is 11.5. The standard InChI is InChI=1S/C11H18N2O2/c1-8-12-9(7-15-8)5-6-10(14)13-11(2,3)4/h7H,5-6H2,1-4H3,(H,13,14). The SMILES string of the molecule is Cc1nc(CCC(=O)NC(C)(C)C)co1. The zero-order valence-electron chi connectivity index (χ0n) is 9.76. The predicted octanol–water partition coefficient (Wildman–Crippen LogP) is 1.83. The van der Waals surface area contributed by atoms with Crippen LogP contribution in [0.4, 0.5) is 0 Å². The molecule has 0 aromatic carbocycles.